The molecular weight excluding hydrogens is 205 g/mol. The minimum absolute atomic E-state index is 0. The summed E-state index contributed by atoms with van der Waals surface area (Å²) in [5.41, 5.74) is 0. The van der Waals surface area contributed by atoms with Gasteiger partial charge in [0.1, 0.15) is 0 Å². The van der Waals surface area contributed by atoms with Crippen molar-refractivity contribution in [2.24, 2.45) is 0 Å². The maximum Gasteiger partial charge on any atom is 0.283 e. The van der Waals surface area contributed by atoms with Crippen LogP contribution in [0.5, 0.6) is 0 Å². The zero-order chi connectivity index (χ0) is 9.03. The first-order valence-corrected chi connectivity index (χ1v) is 5.47. The molecule has 0 saturated carbocycles. The Morgan fingerprint density at radius 2 is 1.92 bits per heavy atom. The van der Waals surface area contributed by atoms with Crippen LogP contribution in [0.25, 0.3) is 0 Å². The molecule has 0 aromatic carbocycles. The smallest absolute Gasteiger partial charge is 0.283 e. The molecule has 73 valence electrons. The third-order valence-electron chi connectivity index (χ3n) is 1.54. The summed E-state index contributed by atoms with van der Waals surface area (Å²) in [5, 5.41) is 1.42. The number of rotatable bonds is 3. The van der Waals surface area contributed by atoms with Gasteiger partial charge >= 0.3 is 0 Å². The molecule has 0 aromatic heterocycles. The normalized spacial score (nSPS) is 19.5. The molecule has 1 radical (unpaired) electrons. The van der Waals surface area contributed by atoms with Gasteiger partial charge in [-0.2, -0.15) is 17.8 Å². The van der Waals surface area contributed by atoms with Crippen LogP contribution < -0.4 is 0 Å². The molecular formula is C6H13NNaO4S. The Balaban J connectivity index is 0.00000144. The SMILES string of the molecule is CCS(=O)(=O)ON1CCOCC1.[Na]. The van der Waals surface area contributed by atoms with Crippen LogP contribution in [0.4, 0.5) is 0 Å². The van der Waals surface area contributed by atoms with E-state index < -0.39 is 10.1 Å². The monoisotopic (exact) mass is 218 g/mol. The van der Waals surface area contributed by atoms with Gasteiger partial charge in [0.15, 0.2) is 0 Å². The fourth-order valence-corrected chi connectivity index (χ4v) is 1.41. The van der Waals surface area contributed by atoms with E-state index in [2.05, 4.69) is 0 Å². The average molecular weight is 218 g/mol. The van der Waals surface area contributed by atoms with Crippen molar-refractivity contribution in [1.29, 1.82) is 0 Å². The predicted octanol–water partition coefficient (Wildman–Crippen LogP) is -0.781. The molecule has 0 spiro atoms. The first kappa shape index (κ1) is 13.8. The van der Waals surface area contributed by atoms with Crippen LogP contribution in [0.15, 0.2) is 0 Å². The molecule has 1 rings (SSSR count). The molecule has 5 nitrogen and oxygen atoms in total. The Morgan fingerprint density at radius 1 is 1.38 bits per heavy atom. The molecule has 1 aliphatic heterocycles. The van der Waals surface area contributed by atoms with E-state index in [0.29, 0.717) is 26.3 Å². The maximum absolute atomic E-state index is 11.0. The summed E-state index contributed by atoms with van der Waals surface area (Å²) >= 11 is 0. The Morgan fingerprint density at radius 3 is 2.38 bits per heavy atom. The van der Waals surface area contributed by atoms with Gasteiger partial charge in [-0.25, -0.2) is 0 Å². The maximum atomic E-state index is 11.0. The topological polar surface area (TPSA) is 55.8 Å². The summed E-state index contributed by atoms with van der Waals surface area (Å²) in [6, 6.07) is 0. The molecule has 1 saturated heterocycles. The molecule has 1 fully saturated rings. The van der Waals surface area contributed by atoms with E-state index in [4.69, 9.17) is 9.02 Å². The first-order valence-electron chi connectivity index (χ1n) is 3.89. The van der Waals surface area contributed by atoms with Crippen LogP contribution in [0.1, 0.15) is 6.92 Å². The zero-order valence-corrected chi connectivity index (χ0v) is 10.8. The van der Waals surface area contributed by atoms with Crippen LogP contribution >= 0.6 is 0 Å². The van der Waals surface area contributed by atoms with Gasteiger partial charge in [0, 0.05) is 42.6 Å². The molecule has 7 heteroatoms. The molecule has 0 aliphatic carbocycles. The van der Waals surface area contributed by atoms with Gasteiger partial charge in [-0.1, -0.05) is 0 Å². The summed E-state index contributed by atoms with van der Waals surface area (Å²) in [4.78, 5) is 0. The van der Waals surface area contributed by atoms with E-state index in [1.54, 1.807) is 6.92 Å². The molecule has 1 heterocycles. The van der Waals surface area contributed by atoms with Crippen LogP contribution in [0.2, 0.25) is 0 Å². The van der Waals surface area contributed by atoms with Crippen molar-refractivity contribution in [3.8, 4) is 0 Å². The van der Waals surface area contributed by atoms with Crippen LogP contribution in [-0.4, -0.2) is 75.1 Å². The van der Waals surface area contributed by atoms with Gasteiger partial charge in [0.2, 0.25) is 0 Å². The fourth-order valence-electron chi connectivity index (χ4n) is 0.834. The summed E-state index contributed by atoms with van der Waals surface area (Å²) in [6.45, 7) is 3.63. The minimum Gasteiger partial charge on any atom is -0.379 e. The van der Waals surface area contributed by atoms with Gasteiger partial charge in [-0.3, -0.25) is 0 Å². The Bertz CT molecular complexity index is 225. The number of morpholine rings is 1. The van der Waals surface area contributed by atoms with Crippen LogP contribution in [0.3, 0.4) is 0 Å². The van der Waals surface area contributed by atoms with Crippen molar-refractivity contribution in [2.45, 2.75) is 6.92 Å². The third-order valence-corrected chi connectivity index (χ3v) is 2.69. The fraction of sp³-hybridized carbons (Fsp3) is 1.00. The Labute approximate surface area is 101 Å². The van der Waals surface area contributed by atoms with E-state index in [-0.39, 0.29) is 35.3 Å². The van der Waals surface area contributed by atoms with E-state index in [1.807, 2.05) is 0 Å². The second-order valence-corrected chi connectivity index (χ2v) is 4.30. The van der Waals surface area contributed by atoms with Crippen molar-refractivity contribution in [2.75, 3.05) is 32.1 Å². The Kier molecular flexibility index (Phi) is 6.74. The van der Waals surface area contributed by atoms with Gasteiger partial charge in [0.05, 0.1) is 19.0 Å². The van der Waals surface area contributed by atoms with Crippen molar-refractivity contribution in [3.05, 3.63) is 0 Å². The molecule has 1 aliphatic rings. The average Bonchev–Trinajstić information content (AvgIpc) is 2.06. The summed E-state index contributed by atoms with van der Waals surface area (Å²) in [5.74, 6) is 0.00432. The van der Waals surface area contributed by atoms with Gasteiger partial charge in [-0.15, -0.1) is 0 Å². The van der Waals surface area contributed by atoms with E-state index in [9.17, 15) is 8.42 Å². The molecule has 0 aromatic rings. The van der Waals surface area contributed by atoms with E-state index >= 15 is 0 Å². The second-order valence-electron chi connectivity index (χ2n) is 2.46. The molecule has 0 bridgehead atoms. The van der Waals surface area contributed by atoms with Crippen LogP contribution in [0, 0.1) is 0 Å². The quantitative estimate of drug-likeness (QED) is 0.582. The second kappa shape index (κ2) is 6.34. The van der Waals surface area contributed by atoms with Gasteiger partial charge in [-0.05, 0) is 6.92 Å². The van der Waals surface area contributed by atoms with Gasteiger partial charge in [0.25, 0.3) is 10.1 Å². The van der Waals surface area contributed by atoms with Crippen molar-refractivity contribution in [1.82, 2.24) is 5.06 Å². The summed E-state index contributed by atoms with van der Waals surface area (Å²) < 4.78 is 31.7. The van der Waals surface area contributed by atoms with E-state index in [1.165, 1.54) is 5.06 Å². The molecule has 0 unspecified atom stereocenters. The largest absolute Gasteiger partial charge is 0.379 e. The number of hydrogen-bond donors (Lipinski definition) is 0. The standard InChI is InChI=1S/C6H13NO4S.Na/c1-2-12(8,9)11-7-3-5-10-6-4-7;/h2-6H2,1H3;. The van der Waals surface area contributed by atoms with Gasteiger partial charge < -0.3 is 4.74 Å². The molecule has 0 atom stereocenters. The molecule has 0 amide bonds. The van der Waals surface area contributed by atoms with Crippen molar-refractivity contribution >= 4 is 39.7 Å². The number of nitrogens with zero attached hydrogens (tertiary/aromatic N) is 1. The number of hydrogen-bond acceptors (Lipinski definition) is 5. The van der Waals surface area contributed by atoms with Crippen molar-refractivity contribution in [3.63, 3.8) is 0 Å². The Hall–Kier alpha value is 0.830. The van der Waals surface area contributed by atoms with Crippen LogP contribution in [-0.2, 0) is 19.1 Å². The number of ether oxygens (including phenoxy) is 1. The minimum atomic E-state index is -3.35. The molecule has 13 heavy (non-hydrogen) atoms. The molecule has 0 N–H and O–H groups in total. The first-order chi connectivity index (χ1) is 5.64. The third kappa shape index (κ3) is 5.31. The zero-order valence-electron chi connectivity index (χ0n) is 8.02. The summed E-state index contributed by atoms with van der Waals surface area (Å²) in [6.07, 6.45) is 0. The predicted molar refractivity (Wildman–Crippen MR) is 48.7 cm³/mol. The van der Waals surface area contributed by atoms with E-state index in [0.717, 1.165) is 0 Å². The summed E-state index contributed by atoms with van der Waals surface area (Å²) in [7, 11) is -3.35. The van der Waals surface area contributed by atoms with Crippen molar-refractivity contribution < 1.29 is 17.4 Å². The number of hydroxylamine groups is 2.